The van der Waals surface area contributed by atoms with Crippen LogP contribution in [0.5, 0.6) is 0 Å². The summed E-state index contributed by atoms with van der Waals surface area (Å²) in [6.45, 7) is 0. The lowest BCUT2D eigenvalue weighted by molar-refractivity contribution is 0.102. The van der Waals surface area contributed by atoms with Gasteiger partial charge in [-0.15, -0.1) is 16.9 Å². The molecule has 1 aromatic carbocycles. The minimum atomic E-state index is -0.173. The van der Waals surface area contributed by atoms with Crippen LogP contribution in [-0.4, -0.2) is 37.4 Å². The van der Waals surface area contributed by atoms with E-state index in [0.29, 0.717) is 16.6 Å². The van der Waals surface area contributed by atoms with Gasteiger partial charge in [0.2, 0.25) is 0 Å². The Morgan fingerprint density at radius 1 is 1.24 bits per heavy atom. The molecule has 0 spiro atoms. The van der Waals surface area contributed by atoms with Gasteiger partial charge in [-0.05, 0) is 65.9 Å². The van der Waals surface area contributed by atoms with Gasteiger partial charge in [-0.2, -0.15) is 0 Å². The van der Waals surface area contributed by atoms with E-state index in [-0.39, 0.29) is 5.91 Å². The number of rotatable bonds is 5. The number of anilines is 1. The Bertz CT molecular complexity index is 904. The fourth-order valence-electron chi connectivity index (χ4n) is 2.58. The third-order valence-electron chi connectivity index (χ3n) is 4.00. The number of carbonyl (C=O) groups excluding carboxylic acids is 1. The molecule has 0 saturated heterocycles. The first kappa shape index (κ1) is 15.8. The maximum atomic E-state index is 12.5. The quantitative estimate of drug-likeness (QED) is 0.710. The zero-order valence-corrected chi connectivity index (χ0v) is 14.4. The molecule has 0 aliphatic heterocycles. The van der Waals surface area contributed by atoms with Crippen LogP contribution in [-0.2, 0) is 0 Å². The second-order valence-corrected chi connectivity index (χ2v) is 6.56. The van der Waals surface area contributed by atoms with Crippen LogP contribution < -0.4 is 5.32 Å². The summed E-state index contributed by atoms with van der Waals surface area (Å²) in [5.74, 6) is 0.588. The van der Waals surface area contributed by atoms with Gasteiger partial charge in [-0.3, -0.25) is 4.79 Å². The summed E-state index contributed by atoms with van der Waals surface area (Å²) < 4.78 is 1.87. The fourth-order valence-corrected chi connectivity index (χ4v) is 3.12. The summed E-state index contributed by atoms with van der Waals surface area (Å²) in [6, 6.07) is 11.5. The van der Waals surface area contributed by atoms with E-state index in [4.69, 9.17) is 0 Å². The highest BCUT2D eigenvalue weighted by molar-refractivity contribution is 7.98. The molecule has 0 bridgehead atoms. The molecule has 3 aromatic rings. The lowest BCUT2D eigenvalue weighted by Gasteiger charge is -2.08. The van der Waals surface area contributed by atoms with E-state index in [1.165, 1.54) is 11.8 Å². The molecule has 1 fully saturated rings. The van der Waals surface area contributed by atoms with Crippen molar-refractivity contribution in [3.05, 3.63) is 48.2 Å². The number of carbonyl (C=O) groups is 1. The Morgan fingerprint density at radius 3 is 2.76 bits per heavy atom. The number of aromatic nitrogens is 5. The highest BCUT2D eigenvalue weighted by Gasteiger charge is 2.28. The number of pyridine rings is 1. The molecule has 8 heteroatoms. The van der Waals surface area contributed by atoms with Crippen LogP contribution in [0, 0.1) is 0 Å². The highest BCUT2D eigenvalue weighted by Crippen LogP contribution is 2.36. The summed E-state index contributed by atoms with van der Waals surface area (Å²) in [5.41, 5.74) is 2.22. The number of tetrazole rings is 1. The first-order valence-corrected chi connectivity index (χ1v) is 9.17. The summed E-state index contributed by atoms with van der Waals surface area (Å²) in [5, 5.41) is 15.6. The topological polar surface area (TPSA) is 85.6 Å². The van der Waals surface area contributed by atoms with Crippen LogP contribution >= 0.6 is 11.8 Å². The van der Waals surface area contributed by atoms with Crippen molar-refractivity contribution < 1.29 is 4.79 Å². The van der Waals surface area contributed by atoms with Gasteiger partial charge in [-0.1, -0.05) is 0 Å². The molecule has 126 valence electrons. The minimum Gasteiger partial charge on any atom is -0.322 e. The smallest absolute Gasteiger partial charge is 0.258 e. The molecule has 25 heavy (non-hydrogen) atoms. The van der Waals surface area contributed by atoms with Gasteiger partial charge in [0.1, 0.15) is 5.03 Å². The van der Waals surface area contributed by atoms with Crippen molar-refractivity contribution in [1.82, 2.24) is 25.2 Å². The second-order valence-electron chi connectivity index (χ2n) is 5.77. The predicted octanol–water partition coefficient (Wildman–Crippen LogP) is 3.04. The van der Waals surface area contributed by atoms with Gasteiger partial charge in [0.25, 0.3) is 5.91 Å². The molecular weight excluding hydrogens is 336 g/mol. The Kier molecular flexibility index (Phi) is 4.19. The average Bonchev–Trinajstić information content (AvgIpc) is 3.39. The molecule has 1 aliphatic rings. The molecule has 4 rings (SSSR count). The van der Waals surface area contributed by atoms with Crippen molar-refractivity contribution in [2.45, 2.75) is 23.9 Å². The largest absolute Gasteiger partial charge is 0.322 e. The van der Waals surface area contributed by atoms with Gasteiger partial charge in [0.05, 0.1) is 11.6 Å². The molecule has 2 aromatic heterocycles. The summed E-state index contributed by atoms with van der Waals surface area (Å²) in [6.07, 6.45) is 5.82. The standard InChI is InChI=1S/C17H16N6OS/c1-25-17-14(3-2-10-18-17)16(24)19-12-6-4-11(5-7-12)15-20-21-22-23(15)13-8-9-13/h2-7,10,13H,8-9H2,1H3,(H,19,24). The van der Waals surface area contributed by atoms with Crippen LogP contribution in [0.15, 0.2) is 47.6 Å². The number of thioether (sulfide) groups is 1. The van der Waals surface area contributed by atoms with Crippen molar-refractivity contribution in [1.29, 1.82) is 0 Å². The van der Waals surface area contributed by atoms with Crippen LogP contribution in [0.4, 0.5) is 5.69 Å². The van der Waals surface area contributed by atoms with Crippen molar-refractivity contribution in [2.75, 3.05) is 11.6 Å². The van der Waals surface area contributed by atoms with Crippen molar-refractivity contribution in [2.24, 2.45) is 0 Å². The van der Waals surface area contributed by atoms with Gasteiger partial charge in [-0.25, -0.2) is 9.67 Å². The van der Waals surface area contributed by atoms with E-state index in [1.54, 1.807) is 18.3 Å². The summed E-state index contributed by atoms with van der Waals surface area (Å²) in [7, 11) is 0. The Hall–Kier alpha value is -2.74. The van der Waals surface area contributed by atoms with Crippen LogP contribution in [0.1, 0.15) is 29.2 Å². The highest BCUT2D eigenvalue weighted by atomic mass is 32.2. The van der Waals surface area contributed by atoms with E-state index in [2.05, 4.69) is 25.8 Å². The number of benzene rings is 1. The maximum Gasteiger partial charge on any atom is 0.258 e. The molecule has 1 N–H and O–H groups in total. The lowest BCUT2D eigenvalue weighted by atomic mass is 10.2. The zero-order chi connectivity index (χ0) is 17.2. The van der Waals surface area contributed by atoms with Crippen LogP contribution in [0.2, 0.25) is 0 Å². The Balaban J connectivity index is 1.52. The Labute approximate surface area is 148 Å². The SMILES string of the molecule is CSc1ncccc1C(=O)Nc1ccc(-c2nnnn2C2CC2)cc1. The second kappa shape index (κ2) is 6.64. The van der Waals surface area contributed by atoms with Gasteiger partial charge in [0.15, 0.2) is 5.82 Å². The van der Waals surface area contributed by atoms with Gasteiger partial charge < -0.3 is 5.32 Å². The van der Waals surface area contributed by atoms with E-state index >= 15 is 0 Å². The molecule has 2 heterocycles. The monoisotopic (exact) mass is 352 g/mol. The number of amides is 1. The molecule has 1 aliphatic carbocycles. The van der Waals surface area contributed by atoms with E-state index in [1.807, 2.05) is 35.2 Å². The number of nitrogens with one attached hydrogen (secondary N) is 1. The number of hydrogen-bond donors (Lipinski definition) is 1. The van der Waals surface area contributed by atoms with Crippen molar-refractivity contribution >= 4 is 23.4 Å². The average molecular weight is 352 g/mol. The van der Waals surface area contributed by atoms with E-state index < -0.39 is 0 Å². The predicted molar refractivity (Wildman–Crippen MR) is 95.5 cm³/mol. The first-order chi connectivity index (χ1) is 12.3. The summed E-state index contributed by atoms with van der Waals surface area (Å²) in [4.78, 5) is 16.7. The third-order valence-corrected chi connectivity index (χ3v) is 4.71. The lowest BCUT2D eigenvalue weighted by Crippen LogP contribution is -2.13. The van der Waals surface area contributed by atoms with E-state index in [9.17, 15) is 4.79 Å². The van der Waals surface area contributed by atoms with Crippen LogP contribution in [0.25, 0.3) is 11.4 Å². The molecular formula is C17H16N6OS. The van der Waals surface area contributed by atoms with Crippen molar-refractivity contribution in [3.8, 4) is 11.4 Å². The molecule has 7 nitrogen and oxygen atoms in total. The van der Waals surface area contributed by atoms with E-state index in [0.717, 1.165) is 29.9 Å². The normalized spacial score (nSPS) is 13.6. The van der Waals surface area contributed by atoms with Gasteiger partial charge in [0, 0.05) is 17.4 Å². The zero-order valence-electron chi connectivity index (χ0n) is 13.6. The fraction of sp³-hybridized carbons (Fsp3) is 0.235. The van der Waals surface area contributed by atoms with Crippen LogP contribution in [0.3, 0.4) is 0 Å². The number of nitrogens with zero attached hydrogens (tertiary/aromatic N) is 5. The molecule has 0 radical (unpaired) electrons. The van der Waals surface area contributed by atoms with Gasteiger partial charge >= 0.3 is 0 Å². The maximum absolute atomic E-state index is 12.5. The molecule has 1 saturated carbocycles. The van der Waals surface area contributed by atoms with Crippen molar-refractivity contribution in [3.63, 3.8) is 0 Å². The number of hydrogen-bond acceptors (Lipinski definition) is 6. The minimum absolute atomic E-state index is 0.173. The third kappa shape index (κ3) is 3.25. The first-order valence-electron chi connectivity index (χ1n) is 7.95. The molecule has 0 atom stereocenters. The Morgan fingerprint density at radius 2 is 2.04 bits per heavy atom. The summed E-state index contributed by atoms with van der Waals surface area (Å²) >= 11 is 1.45. The molecule has 1 amide bonds. The molecule has 0 unspecified atom stereocenters.